The summed E-state index contributed by atoms with van der Waals surface area (Å²) in [5, 5.41) is 9.76. The average Bonchev–Trinajstić information content (AvgIpc) is 2.69. The van der Waals surface area contributed by atoms with Crippen molar-refractivity contribution in [1.82, 2.24) is 4.98 Å². The fourth-order valence-corrected chi connectivity index (χ4v) is 2.01. The molecule has 16 heavy (non-hydrogen) atoms. The highest BCUT2D eigenvalue weighted by molar-refractivity contribution is 5.27. The van der Waals surface area contributed by atoms with Crippen molar-refractivity contribution >= 4 is 5.82 Å². The van der Waals surface area contributed by atoms with Crippen molar-refractivity contribution in [2.24, 2.45) is 0 Å². The van der Waals surface area contributed by atoms with E-state index in [1.165, 1.54) is 10.8 Å². The average molecular weight is 228 g/mol. The molecular formula is C9H11FN3O3+. The van der Waals surface area contributed by atoms with Gasteiger partial charge in [-0.2, -0.15) is 8.96 Å². The molecule has 0 spiro atoms. The molecule has 7 heteroatoms. The van der Waals surface area contributed by atoms with Crippen LogP contribution in [0.4, 0.5) is 10.2 Å². The second-order valence-electron chi connectivity index (χ2n) is 3.97. The van der Waals surface area contributed by atoms with E-state index in [1.54, 1.807) is 6.92 Å². The number of ether oxygens (including phenoxy) is 2. The van der Waals surface area contributed by atoms with E-state index in [2.05, 4.69) is 4.98 Å². The number of hydrogen-bond donors (Lipinski definition) is 2. The first-order chi connectivity index (χ1) is 7.58. The van der Waals surface area contributed by atoms with Crippen molar-refractivity contribution in [2.75, 3.05) is 5.73 Å². The van der Waals surface area contributed by atoms with Crippen LogP contribution >= 0.6 is 0 Å². The van der Waals surface area contributed by atoms with E-state index in [0.29, 0.717) is 0 Å². The fraction of sp³-hybridized carbons (Fsp3) is 0.556. The van der Waals surface area contributed by atoms with Gasteiger partial charge in [-0.3, -0.25) is 0 Å². The van der Waals surface area contributed by atoms with Crippen molar-refractivity contribution in [2.45, 2.75) is 31.5 Å². The van der Waals surface area contributed by atoms with Gasteiger partial charge in [0.15, 0.2) is 0 Å². The van der Waals surface area contributed by atoms with Gasteiger partial charge in [0.25, 0.3) is 5.82 Å². The summed E-state index contributed by atoms with van der Waals surface area (Å²) in [5.41, 5.74) is 5.32. The van der Waals surface area contributed by atoms with Gasteiger partial charge in [0.1, 0.15) is 12.3 Å². The first-order valence-electron chi connectivity index (χ1n) is 4.95. The SMILES string of the molecule is C[C@H]1O[C@@H]2[C@@H](Oc3nc(N)c(F)c[n+]32)[C@@H]1O. The minimum absolute atomic E-state index is 0.167. The number of halogens is 1. The van der Waals surface area contributed by atoms with Gasteiger partial charge in [-0.1, -0.05) is 0 Å². The van der Waals surface area contributed by atoms with E-state index in [-0.39, 0.29) is 17.9 Å². The molecule has 3 rings (SSSR count). The summed E-state index contributed by atoms with van der Waals surface area (Å²) >= 11 is 0. The van der Waals surface area contributed by atoms with E-state index in [4.69, 9.17) is 15.2 Å². The van der Waals surface area contributed by atoms with Gasteiger partial charge in [0.2, 0.25) is 18.1 Å². The molecule has 2 aliphatic rings. The van der Waals surface area contributed by atoms with E-state index in [0.717, 1.165) is 0 Å². The van der Waals surface area contributed by atoms with Crippen LogP contribution in [0.1, 0.15) is 13.2 Å². The lowest BCUT2D eigenvalue weighted by Gasteiger charge is -2.09. The third-order valence-corrected chi connectivity index (χ3v) is 2.90. The largest absolute Gasteiger partial charge is 0.503 e. The van der Waals surface area contributed by atoms with Crippen LogP contribution in [0.2, 0.25) is 0 Å². The van der Waals surface area contributed by atoms with Gasteiger partial charge in [-0.15, -0.1) is 0 Å². The number of aliphatic hydroxyl groups excluding tert-OH is 1. The molecule has 0 aromatic carbocycles. The van der Waals surface area contributed by atoms with Crippen molar-refractivity contribution in [3.63, 3.8) is 0 Å². The molecule has 4 atom stereocenters. The monoisotopic (exact) mass is 228 g/mol. The smallest absolute Gasteiger partial charge is 0.414 e. The van der Waals surface area contributed by atoms with Crippen molar-refractivity contribution < 1.29 is 23.5 Å². The van der Waals surface area contributed by atoms with E-state index < -0.39 is 24.3 Å². The Morgan fingerprint density at radius 2 is 2.38 bits per heavy atom. The van der Waals surface area contributed by atoms with Crippen LogP contribution in [-0.4, -0.2) is 28.4 Å². The summed E-state index contributed by atoms with van der Waals surface area (Å²) in [5.74, 6) is -0.862. The molecule has 0 radical (unpaired) electrons. The predicted octanol–water partition coefficient (Wildman–Crippen LogP) is -0.870. The molecule has 0 unspecified atom stereocenters. The number of aromatic nitrogens is 2. The molecule has 6 nitrogen and oxygen atoms in total. The van der Waals surface area contributed by atoms with E-state index in [1.807, 2.05) is 0 Å². The summed E-state index contributed by atoms with van der Waals surface area (Å²) in [6.45, 7) is 1.73. The molecular weight excluding hydrogens is 217 g/mol. The summed E-state index contributed by atoms with van der Waals surface area (Å²) in [6.07, 6.45) is -1.02. The summed E-state index contributed by atoms with van der Waals surface area (Å²) < 4.78 is 25.5. The first-order valence-corrected chi connectivity index (χ1v) is 4.95. The Morgan fingerprint density at radius 3 is 3.12 bits per heavy atom. The van der Waals surface area contributed by atoms with Crippen LogP contribution < -0.4 is 15.0 Å². The Bertz CT molecular complexity index is 456. The third kappa shape index (κ3) is 1.12. The quantitative estimate of drug-likeness (QED) is 0.564. The Balaban J connectivity index is 2.05. The fourth-order valence-electron chi connectivity index (χ4n) is 2.01. The molecule has 3 N–H and O–H groups in total. The Labute approximate surface area is 90.4 Å². The van der Waals surface area contributed by atoms with Gasteiger partial charge >= 0.3 is 6.01 Å². The van der Waals surface area contributed by atoms with Gasteiger partial charge in [0.05, 0.1) is 6.10 Å². The number of rotatable bonds is 0. The number of hydrogen-bond acceptors (Lipinski definition) is 5. The highest BCUT2D eigenvalue weighted by Gasteiger charge is 2.54. The third-order valence-electron chi connectivity index (χ3n) is 2.90. The number of fused-ring (bicyclic) bond motifs is 3. The molecule has 2 aliphatic heterocycles. The highest BCUT2D eigenvalue weighted by Crippen LogP contribution is 2.33. The lowest BCUT2D eigenvalue weighted by molar-refractivity contribution is -0.747. The number of aliphatic hydroxyl groups is 1. The number of anilines is 1. The zero-order valence-electron chi connectivity index (χ0n) is 8.50. The molecule has 3 heterocycles. The maximum absolute atomic E-state index is 13.2. The molecule has 1 aromatic rings. The van der Waals surface area contributed by atoms with Gasteiger partial charge in [-0.05, 0) is 6.92 Å². The van der Waals surface area contributed by atoms with Gasteiger partial charge < -0.3 is 20.3 Å². The predicted molar refractivity (Wildman–Crippen MR) is 48.8 cm³/mol. The Morgan fingerprint density at radius 1 is 1.62 bits per heavy atom. The maximum Gasteiger partial charge on any atom is 0.503 e. The zero-order chi connectivity index (χ0) is 11.4. The molecule has 1 aromatic heterocycles. The normalized spacial score (nSPS) is 35.7. The van der Waals surface area contributed by atoms with Crippen LogP contribution in [0.5, 0.6) is 6.01 Å². The number of nitrogens with two attached hydrogens (primary N) is 1. The maximum atomic E-state index is 13.2. The van der Waals surface area contributed by atoms with Gasteiger partial charge in [0, 0.05) is 4.98 Å². The molecule has 0 bridgehead atoms. The van der Waals surface area contributed by atoms with Crippen LogP contribution in [0.3, 0.4) is 0 Å². The lowest BCUT2D eigenvalue weighted by atomic mass is 10.1. The molecule has 1 saturated heterocycles. The molecule has 0 amide bonds. The van der Waals surface area contributed by atoms with Crippen molar-refractivity contribution in [3.05, 3.63) is 12.0 Å². The number of nitrogen functional groups attached to an aromatic ring is 1. The second kappa shape index (κ2) is 3.02. The summed E-state index contributed by atoms with van der Waals surface area (Å²) in [4.78, 5) is 3.75. The Kier molecular flexibility index (Phi) is 1.84. The minimum atomic E-state index is -0.754. The van der Waals surface area contributed by atoms with Crippen LogP contribution in [0, 0.1) is 5.82 Å². The van der Waals surface area contributed by atoms with Crippen LogP contribution in [0.15, 0.2) is 6.20 Å². The standard InChI is InChI=1S/C9H10FN3O3/c1-3-5(14)6-8(15-3)13-2-4(10)7(11)12-9(13)16-6/h2-3,5-6,8,11,14H,1H3/p+1/t3-,5-,6+,8-/m1/s1. The van der Waals surface area contributed by atoms with Crippen LogP contribution in [-0.2, 0) is 4.74 Å². The first kappa shape index (κ1) is 9.73. The molecule has 1 fully saturated rings. The summed E-state index contributed by atoms with van der Waals surface area (Å²) in [7, 11) is 0. The Hall–Kier alpha value is -1.47. The van der Waals surface area contributed by atoms with Crippen molar-refractivity contribution in [3.8, 4) is 6.01 Å². The second-order valence-corrected chi connectivity index (χ2v) is 3.97. The lowest BCUT2D eigenvalue weighted by Crippen LogP contribution is -2.40. The van der Waals surface area contributed by atoms with E-state index >= 15 is 0 Å². The topological polar surface area (TPSA) is 81.5 Å². The number of nitrogens with zero attached hydrogens (tertiary/aromatic N) is 2. The molecule has 86 valence electrons. The van der Waals surface area contributed by atoms with Gasteiger partial charge in [-0.25, -0.2) is 0 Å². The minimum Gasteiger partial charge on any atom is -0.414 e. The zero-order valence-corrected chi connectivity index (χ0v) is 8.50. The van der Waals surface area contributed by atoms with E-state index in [9.17, 15) is 9.50 Å². The highest BCUT2D eigenvalue weighted by atomic mass is 19.1. The summed E-state index contributed by atoms with van der Waals surface area (Å²) in [6, 6.07) is 0.167. The van der Waals surface area contributed by atoms with Crippen LogP contribution in [0.25, 0.3) is 0 Å². The van der Waals surface area contributed by atoms with Crippen molar-refractivity contribution in [1.29, 1.82) is 0 Å². The molecule has 0 saturated carbocycles. The molecule has 0 aliphatic carbocycles.